The van der Waals surface area contributed by atoms with Crippen LogP contribution >= 0.6 is 11.8 Å². The summed E-state index contributed by atoms with van der Waals surface area (Å²) in [6.07, 6.45) is 4.09. The molecule has 1 unspecified atom stereocenters. The Hall–Kier alpha value is -0.580. The highest BCUT2D eigenvalue weighted by Crippen LogP contribution is 2.29. The van der Waals surface area contributed by atoms with Gasteiger partial charge in [-0.05, 0) is 37.5 Å². The molecule has 1 aliphatic rings. The molecule has 4 heteroatoms. The van der Waals surface area contributed by atoms with Gasteiger partial charge in [-0.15, -0.1) is 11.8 Å². The fraction of sp³-hybridized carbons (Fsp3) is 0.583. The van der Waals surface area contributed by atoms with Gasteiger partial charge in [0.25, 0.3) is 0 Å². The molecule has 1 fully saturated rings. The number of nitrogens with two attached hydrogens (primary N) is 1. The van der Waals surface area contributed by atoms with Gasteiger partial charge in [0.1, 0.15) is 0 Å². The van der Waals surface area contributed by atoms with Crippen LogP contribution in [-0.4, -0.2) is 23.4 Å². The largest absolute Gasteiger partial charge is 0.381 e. The Bertz CT molecular complexity index is 338. The number of hydrogen-bond donors (Lipinski definition) is 1. The van der Waals surface area contributed by atoms with Gasteiger partial charge in [-0.2, -0.15) is 0 Å². The summed E-state index contributed by atoms with van der Waals surface area (Å²) in [6.45, 7) is 3.76. The van der Waals surface area contributed by atoms with E-state index in [2.05, 4.69) is 11.1 Å². The predicted octanol–water partition coefficient (Wildman–Crippen LogP) is 2.37. The highest BCUT2D eigenvalue weighted by molar-refractivity contribution is 7.99. The molecule has 2 heterocycles. The van der Waals surface area contributed by atoms with Crippen molar-refractivity contribution in [3.05, 3.63) is 23.9 Å². The van der Waals surface area contributed by atoms with Crippen LogP contribution in [0.1, 0.15) is 31.4 Å². The van der Waals surface area contributed by atoms with Gasteiger partial charge in [0.05, 0.1) is 5.03 Å². The maximum atomic E-state index is 5.86. The highest BCUT2D eigenvalue weighted by Gasteiger charge is 2.15. The maximum absolute atomic E-state index is 5.86. The molecule has 0 saturated carbocycles. The molecular formula is C12H18N2OS. The van der Waals surface area contributed by atoms with Gasteiger partial charge < -0.3 is 10.5 Å². The van der Waals surface area contributed by atoms with Crippen LogP contribution in [0.4, 0.5) is 0 Å². The Morgan fingerprint density at radius 1 is 1.50 bits per heavy atom. The fourth-order valence-corrected chi connectivity index (χ4v) is 2.83. The van der Waals surface area contributed by atoms with E-state index < -0.39 is 0 Å². The van der Waals surface area contributed by atoms with Crippen molar-refractivity contribution in [2.24, 2.45) is 5.73 Å². The predicted molar refractivity (Wildman–Crippen MR) is 66.5 cm³/mol. The Balaban J connectivity index is 2.00. The summed E-state index contributed by atoms with van der Waals surface area (Å²) in [7, 11) is 0. The van der Waals surface area contributed by atoms with Gasteiger partial charge in [0.15, 0.2) is 0 Å². The zero-order valence-corrected chi connectivity index (χ0v) is 10.4. The molecule has 2 rings (SSSR count). The van der Waals surface area contributed by atoms with Gasteiger partial charge in [0.2, 0.25) is 0 Å². The highest BCUT2D eigenvalue weighted by atomic mass is 32.2. The zero-order valence-electron chi connectivity index (χ0n) is 9.56. The Labute approximate surface area is 101 Å². The van der Waals surface area contributed by atoms with Crippen LogP contribution in [0.3, 0.4) is 0 Å². The van der Waals surface area contributed by atoms with Crippen molar-refractivity contribution < 1.29 is 4.74 Å². The smallest absolute Gasteiger partial charge is 0.0965 e. The van der Waals surface area contributed by atoms with Crippen molar-refractivity contribution >= 4 is 11.8 Å². The number of thioether (sulfide) groups is 1. The average Bonchev–Trinajstić information content (AvgIpc) is 2.30. The summed E-state index contributed by atoms with van der Waals surface area (Å²) < 4.78 is 5.35. The van der Waals surface area contributed by atoms with Crippen LogP contribution in [0, 0.1) is 0 Å². The van der Waals surface area contributed by atoms with E-state index in [4.69, 9.17) is 10.5 Å². The molecule has 1 saturated heterocycles. The van der Waals surface area contributed by atoms with E-state index >= 15 is 0 Å². The molecule has 1 aliphatic heterocycles. The molecule has 3 nitrogen and oxygen atoms in total. The van der Waals surface area contributed by atoms with E-state index in [-0.39, 0.29) is 6.04 Å². The Morgan fingerprint density at radius 2 is 2.25 bits per heavy atom. The monoisotopic (exact) mass is 238 g/mol. The van der Waals surface area contributed by atoms with Gasteiger partial charge in [-0.3, -0.25) is 0 Å². The minimum atomic E-state index is 0.0806. The summed E-state index contributed by atoms with van der Waals surface area (Å²) >= 11 is 1.85. The lowest BCUT2D eigenvalue weighted by atomic mass is 10.1. The summed E-state index contributed by atoms with van der Waals surface area (Å²) in [5, 5.41) is 1.73. The molecule has 2 N–H and O–H groups in total. The summed E-state index contributed by atoms with van der Waals surface area (Å²) in [4.78, 5) is 4.38. The van der Waals surface area contributed by atoms with Crippen LogP contribution in [0.5, 0.6) is 0 Å². The van der Waals surface area contributed by atoms with Gasteiger partial charge in [-0.1, -0.05) is 0 Å². The topological polar surface area (TPSA) is 48.1 Å². The Kier molecular flexibility index (Phi) is 4.21. The third kappa shape index (κ3) is 3.20. The zero-order chi connectivity index (χ0) is 11.4. The van der Waals surface area contributed by atoms with E-state index in [1.807, 2.05) is 30.9 Å². The van der Waals surface area contributed by atoms with Crippen LogP contribution in [0.2, 0.25) is 0 Å². The molecule has 0 radical (unpaired) electrons. The molecule has 88 valence electrons. The molecule has 0 aromatic carbocycles. The maximum Gasteiger partial charge on any atom is 0.0965 e. The third-order valence-electron chi connectivity index (χ3n) is 2.74. The standard InChI is InChI=1S/C12H18N2OS/c1-9(13)10-2-5-14-12(8-10)16-11-3-6-15-7-4-11/h2,5,8-9,11H,3-4,6-7,13H2,1H3. The van der Waals surface area contributed by atoms with Crippen molar-refractivity contribution in [3.8, 4) is 0 Å². The molecule has 0 amide bonds. The van der Waals surface area contributed by atoms with E-state index in [9.17, 15) is 0 Å². The van der Waals surface area contributed by atoms with Crippen molar-refractivity contribution in [3.63, 3.8) is 0 Å². The van der Waals surface area contributed by atoms with E-state index in [0.717, 1.165) is 36.6 Å². The van der Waals surface area contributed by atoms with Crippen LogP contribution in [0.15, 0.2) is 23.4 Å². The van der Waals surface area contributed by atoms with E-state index in [1.54, 1.807) is 0 Å². The molecule has 16 heavy (non-hydrogen) atoms. The normalized spacial score (nSPS) is 19.6. The minimum Gasteiger partial charge on any atom is -0.381 e. The molecule has 0 spiro atoms. The van der Waals surface area contributed by atoms with E-state index in [0.29, 0.717) is 5.25 Å². The van der Waals surface area contributed by atoms with Crippen LogP contribution in [-0.2, 0) is 4.74 Å². The molecule has 1 aromatic heterocycles. The second-order valence-corrected chi connectivity index (χ2v) is 5.47. The average molecular weight is 238 g/mol. The number of aromatic nitrogens is 1. The number of rotatable bonds is 3. The molecule has 1 atom stereocenters. The molecule has 0 aliphatic carbocycles. The van der Waals surface area contributed by atoms with Crippen LogP contribution in [0.25, 0.3) is 0 Å². The lowest BCUT2D eigenvalue weighted by Gasteiger charge is -2.21. The second-order valence-electron chi connectivity index (χ2n) is 4.15. The number of pyridine rings is 1. The number of nitrogens with zero attached hydrogens (tertiary/aromatic N) is 1. The third-order valence-corrected chi connectivity index (χ3v) is 4.01. The van der Waals surface area contributed by atoms with Crippen molar-refractivity contribution in [1.82, 2.24) is 4.98 Å². The summed E-state index contributed by atoms with van der Waals surface area (Å²) in [5.41, 5.74) is 7.02. The van der Waals surface area contributed by atoms with Crippen LogP contribution < -0.4 is 5.73 Å². The van der Waals surface area contributed by atoms with Gasteiger partial charge in [0, 0.05) is 30.7 Å². The molecule has 1 aromatic rings. The minimum absolute atomic E-state index is 0.0806. The quantitative estimate of drug-likeness (QED) is 0.878. The number of ether oxygens (including phenoxy) is 1. The number of hydrogen-bond acceptors (Lipinski definition) is 4. The van der Waals surface area contributed by atoms with E-state index in [1.165, 1.54) is 0 Å². The first-order valence-electron chi connectivity index (χ1n) is 5.71. The SMILES string of the molecule is CC(N)c1ccnc(SC2CCOCC2)c1. The summed E-state index contributed by atoms with van der Waals surface area (Å²) in [6, 6.07) is 4.17. The first-order chi connectivity index (χ1) is 7.75. The molecular weight excluding hydrogens is 220 g/mol. The molecule has 0 bridgehead atoms. The van der Waals surface area contributed by atoms with Crippen molar-refractivity contribution in [2.45, 2.75) is 36.1 Å². The van der Waals surface area contributed by atoms with Crippen molar-refractivity contribution in [2.75, 3.05) is 13.2 Å². The lowest BCUT2D eigenvalue weighted by molar-refractivity contribution is 0.1000. The first kappa shape index (κ1) is 11.9. The summed E-state index contributed by atoms with van der Waals surface area (Å²) in [5.74, 6) is 0. The first-order valence-corrected chi connectivity index (χ1v) is 6.59. The van der Waals surface area contributed by atoms with Crippen molar-refractivity contribution in [1.29, 1.82) is 0 Å². The second kappa shape index (κ2) is 5.66. The Morgan fingerprint density at radius 3 is 2.94 bits per heavy atom. The van der Waals surface area contributed by atoms with Gasteiger partial charge >= 0.3 is 0 Å². The lowest BCUT2D eigenvalue weighted by Crippen LogP contribution is -2.17. The van der Waals surface area contributed by atoms with Gasteiger partial charge in [-0.25, -0.2) is 4.98 Å². The fourth-order valence-electron chi connectivity index (χ4n) is 1.74.